The monoisotopic (exact) mass is 605 g/mol. The zero-order valence-electron chi connectivity index (χ0n) is 16.3. The molecule has 32 heavy (non-hydrogen) atoms. The summed E-state index contributed by atoms with van der Waals surface area (Å²) in [5, 5.41) is 8.03. The molecule has 2 aromatic carbocycles. The lowest BCUT2D eigenvalue weighted by molar-refractivity contribution is -0.123. The molecular weight excluding hydrogens is 592 g/mol. The molecule has 166 valence electrons. The lowest BCUT2D eigenvalue weighted by atomic mass is 10.1. The predicted octanol–water partition coefficient (Wildman–Crippen LogP) is 3.54. The molecule has 0 atom stereocenters. The third kappa shape index (κ3) is 5.88. The summed E-state index contributed by atoms with van der Waals surface area (Å²) in [6, 6.07) is 7.96. The fourth-order valence-corrected chi connectivity index (χ4v) is 3.91. The highest BCUT2D eigenvalue weighted by atomic mass is 127. The van der Waals surface area contributed by atoms with Gasteiger partial charge in [0, 0.05) is 5.69 Å². The van der Waals surface area contributed by atoms with Gasteiger partial charge >= 0.3 is 0 Å². The van der Waals surface area contributed by atoms with Gasteiger partial charge in [-0.25, -0.2) is 0 Å². The number of halogens is 3. The molecular formula is C20H14Cl2IN3O5S. The van der Waals surface area contributed by atoms with Crippen LogP contribution in [0, 0.1) is 3.57 Å². The molecule has 3 amide bonds. The molecule has 0 unspecified atom stereocenters. The van der Waals surface area contributed by atoms with Crippen LogP contribution in [0.25, 0.3) is 6.08 Å². The number of hydrogen-bond donors (Lipinski definition) is 3. The molecule has 1 fully saturated rings. The minimum atomic E-state index is -0.605. The van der Waals surface area contributed by atoms with Crippen LogP contribution in [0.3, 0.4) is 0 Å². The highest BCUT2D eigenvalue weighted by Gasteiger charge is 2.26. The third-order valence-electron chi connectivity index (χ3n) is 4.06. The van der Waals surface area contributed by atoms with Crippen molar-refractivity contribution in [3.8, 4) is 11.5 Å². The number of carbonyl (C=O) groups is 3. The van der Waals surface area contributed by atoms with Crippen LogP contribution in [0.5, 0.6) is 11.5 Å². The highest BCUT2D eigenvalue weighted by Crippen LogP contribution is 2.35. The van der Waals surface area contributed by atoms with Gasteiger partial charge in [0.1, 0.15) is 5.57 Å². The summed E-state index contributed by atoms with van der Waals surface area (Å²) in [5.74, 6) is -0.977. The van der Waals surface area contributed by atoms with Crippen molar-refractivity contribution in [3.63, 3.8) is 0 Å². The van der Waals surface area contributed by atoms with Gasteiger partial charge in [0.2, 0.25) is 0 Å². The van der Waals surface area contributed by atoms with E-state index in [0.717, 1.165) is 0 Å². The molecule has 0 aromatic heterocycles. The molecule has 0 saturated carbocycles. The molecule has 1 saturated heterocycles. The van der Waals surface area contributed by atoms with Gasteiger partial charge in [-0.1, -0.05) is 23.2 Å². The smallest absolute Gasteiger partial charge is 0.263 e. The average molecular weight is 606 g/mol. The summed E-state index contributed by atoms with van der Waals surface area (Å²) < 4.78 is 11.6. The third-order valence-corrected chi connectivity index (χ3v) is 5.80. The molecule has 0 bridgehead atoms. The van der Waals surface area contributed by atoms with Crippen molar-refractivity contribution in [2.45, 2.75) is 0 Å². The number of carbonyl (C=O) groups excluding carboxylic acids is 3. The maximum atomic E-state index is 12.3. The number of hydrogen-bond acceptors (Lipinski definition) is 6. The van der Waals surface area contributed by atoms with Crippen LogP contribution in [0.4, 0.5) is 5.69 Å². The Kier molecular flexibility index (Phi) is 7.93. The Morgan fingerprint density at radius 2 is 1.84 bits per heavy atom. The molecule has 0 radical (unpaired) electrons. The zero-order chi connectivity index (χ0) is 23.4. The Bertz CT molecular complexity index is 1150. The number of thiocarbonyl (C=S) groups is 1. The summed E-state index contributed by atoms with van der Waals surface area (Å²) in [4.78, 5) is 36.4. The van der Waals surface area contributed by atoms with Crippen molar-refractivity contribution in [3.05, 3.63) is 55.1 Å². The van der Waals surface area contributed by atoms with E-state index in [1.807, 2.05) is 22.6 Å². The van der Waals surface area contributed by atoms with E-state index in [1.54, 1.807) is 24.3 Å². The van der Waals surface area contributed by atoms with Crippen LogP contribution in [0.1, 0.15) is 5.56 Å². The first-order valence-electron chi connectivity index (χ1n) is 8.81. The first-order chi connectivity index (χ1) is 15.2. The average Bonchev–Trinajstić information content (AvgIpc) is 2.72. The summed E-state index contributed by atoms with van der Waals surface area (Å²) >= 11 is 18.6. The first kappa shape index (κ1) is 24.2. The number of amides is 3. The Morgan fingerprint density at radius 1 is 1.16 bits per heavy atom. The lowest BCUT2D eigenvalue weighted by Gasteiger charge is -2.17. The van der Waals surface area contributed by atoms with Gasteiger partial charge in [0.05, 0.1) is 20.7 Å². The summed E-state index contributed by atoms with van der Waals surface area (Å²) in [7, 11) is 1.43. The summed E-state index contributed by atoms with van der Waals surface area (Å²) in [5.41, 5.74) is 0.887. The van der Waals surface area contributed by atoms with Crippen molar-refractivity contribution in [2.75, 3.05) is 19.0 Å². The van der Waals surface area contributed by atoms with E-state index in [2.05, 4.69) is 16.0 Å². The van der Waals surface area contributed by atoms with Crippen molar-refractivity contribution < 1.29 is 23.9 Å². The van der Waals surface area contributed by atoms with Gasteiger partial charge in [-0.2, -0.15) is 0 Å². The lowest BCUT2D eigenvalue weighted by Crippen LogP contribution is -2.51. The maximum absolute atomic E-state index is 12.3. The molecule has 0 aliphatic carbocycles. The van der Waals surface area contributed by atoms with E-state index in [-0.39, 0.29) is 17.3 Å². The van der Waals surface area contributed by atoms with E-state index in [1.165, 1.54) is 19.3 Å². The number of methoxy groups -OCH3 is 1. The zero-order valence-corrected chi connectivity index (χ0v) is 20.7. The van der Waals surface area contributed by atoms with Crippen LogP contribution in [-0.2, 0) is 14.4 Å². The van der Waals surface area contributed by atoms with Crippen molar-refractivity contribution in [1.82, 2.24) is 10.6 Å². The SMILES string of the molecule is COc1cc(C=C2C(=O)NC(=S)NC2=O)cc(I)c1OCC(=O)Nc1ccc(Cl)c(Cl)c1. The molecule has 2 aromatic rings. The normalized spacial score (nSPS) is 13.2. The van der Waals surface area contributed by atoms with Crippen LogP contribution in [0.2, 0.25) is 10.0 Å². The van der Waals surface area contributed by atoms with Crippen LogP contribution >= 0.6 is 58.0 Å². The molecule has 12 heteroatoms. The van der Waals surface area contributed by atoms with Crippen LogP contribution < -0.4 is 25.4 Å². The van der Waals surface area contributed by atoms with E-state index >= 15 is 0 Å². The van der Waals surface area contributed by atoms with E-state index in [4.69, 9.17) is 44.9 Å². The van der Waals surface area contributed by atoms with Gasteiger partial charge in [0.25, 0.3) is 17.7 Å². The Labute approximate surface area is 211 Å². The fourth-order valence-electron chi connectivity index (χ4n) is 2.64. The van der Waals surface area contributed by atoms with Gasteiger partial charge < -0.3 is 14.8 Å². The fraction of sp³-hybridized carbons (Fsp3) is 0.100. The maximum Gasteiger partial charge on any atom is 0.263 e. The summed E-state index contributed by atoms with van der Waals surface area (Å²) in [6.45, 7) is -0.296. The topological polar surface area (TPSA) is 106 Å². The molecule has 1 heterocycles. The van der Waals surface area contributed by atoms with E-state index in [0.29, 0.717) is 36.4 Å². The van der Waals surface area contributed by atoms with Crippen LogP contribution in [0.15, 0.2) is 35.9 Å². The Hall–Kier alpha value is -2.41. The first-order valence-corrected chi connectivity index (χ1v) is 11.1. The molecule has 1 aliphatic rings. The van der Waals surface area contributed by atoms with Gasteiger partial charge in [-0.05, 0) is 76.8 Å². The Morgan fingerprint density at radius 3 is 2.47 bits per heavy atom. The standard InChI is InChI=1S/C20H14Cl2IN3O5S/c1-30-15-6-9(4-11-18(28)25-20(32)26-19(11)29)5-14(23)17(15)31-8-16(27)24-10-2-3-12(21)13(22)7-10/h2-7H,8H2,1H3,(H,24,27)(H2,25,26,28,29,32). The predicted molar refractivity (Wildman–Crippen MR) is 133 cm³/mol. The van der Waals surface area contributed by atoms with Gasteiger partial charge in [0.15, 0.2) is 23.2 Å². The minimum Gasteiger partial charge on any atom is -0.493 e. The molecule has 0 spiro atoms. The molecule has 1 aliphatic heterocycles. The second-order valence-corrected chi connectivity index (χ2v) is 8.68. The minimum absolute atomic E-state index is 0.0489. The van der Waals surface area contributed by atoms with Gasteiger partial charge in [-0.15, -0.1) is 0 Å². The molecule has 3 N–H and O–H groups in total. The second-order valence-electron chi connectivity index (χ2n) is 6.30. The van der Waals surface area contributed by atoms with Crippen LogP contribution in [-0.4, -0.2) is 36.6 Å². The van der Waals surface area contributed by atoms with Gasteiger partial charge in [-0.3, -0.25) is 25.0 Å². The Balaban J connectivity index is 1.75. The largest absolute Gasteiger partial charge is 0.493 e. The van der Waals surface area contributed by atoms with Crippen molar-refractivity contribution in [2.24, 2.45) is 0 Å². The number of benzene rings is 2. The molecule has 3 rings (SSSR count). The number of anilines is 1. The quantitative estimate of drug-likeness (QED) is 0.201. The van der Waals surface area contributed by atoms with E-state index in [9.17, 15) is 14.4 Å². The van der Waals surface area contributed by atoms with E-state index < -0.39 is 17.7 Å². The molecule has 8 nitrogen and oxygen atoms in total. The second kappa shape index (κ2) is 10.5. The summed E-state index contributed by atoms with van der Waals surface area (Å²) in [6.07, 6.45) is 1.40. The number of ether oxygens (including phenoxy) is 2. The highest BCUT2D eigenvalue weighted by molar-refractivity contribution is 14.1. The van der Waals surface area contributed by atoms with Crippen molar-refractivity contribution in [1.29, 1.82) is 0 Å². The van der Waals surface area contributed by atoms with Crippen molar-refractivity contribution >= 4 is 92.6 Å². The number of rotatable bonds is 6. The number of nitrogens with one attached hydrogen (secondary N) is 3.